The molecule has 0 radical (unpaired) electrons. The molecule has 1 aromatic carbocycles. The van der Waals surface area contributed by atoms with Crippen molar-refractivity contribution in [3.8, 4) is 5.75 Å². The van der Waals surface area contributed by atoms with E-state index in [2.05, 4.69) is 9.97 Å². The van der Waals surface area contributed by atoms with E-state index in [0.29, 0.717) is 31.7 Å². The summed E-state index contributed by atoms with van der Waals surface area (Å²) < 4.78 is 5.12. The first-order valence-corrected chi connectivity index (χ1v) is 7.16. The molecule has 6 nitrogen and oxygen atoms in total. The van der Waals surface area contributed by atoms with Crippen LogP contribution in [0.2, 0.25) is 0 Å². The molecule has 22 heavy (non-hydrogen) atoms. The number of benzene rings is 1. The molecular formula is C16H18N4O2. The fourth-order valence-corrected chi connectivity index (χ4v) is 2.62. The molecule has 1 amide bonds. The van der Waals surface area contributed by atoms with Gasteiger partial charge >= 0.3 is 0 Å². The lowest BCUT2D eigenvalue weighted by Gasteiger charge is -2.28. The van der Waals surface area contributed by atoms with Crippen LogP contribution in [0.5, 0.6) is 5.75 Å². The van der Waals surface area contributed by atoms with Crippen molar-refractivity contribution in [2.24, 2.45) is 0 Å². The van der Waals surface area contributed by atoms with Gasteiger partial charge in [0.2, 0.25) is 5.91 Å². The van der Waals surface area contributed by atoms with E-state index in [1.807, 2.05) is 29.2 Å². The summed E-state index contributed by atoms with van der Waals surface area (Å²) in [6, 6.07) is 7.55. The van der Waals surface area contributed by atoms with Gasteiger partial charge in [0.25, 0.3) is 0 Å². The first-order chi connectivity index (χ1) is 10.7. The smallest absolute Gasteiger partial charge is 0.227 e. The van der Waals surface area contributed by atoms with Gasteiger partial charge in [0.1, 0.15) is 17.9 Å². The lowest BCUT2D eigenvalue weighted by Crippen LogP contribution is -2.37. The van der Waals surface area contributed by atoms with E-state index in [-0.39, 0.29) is 5.91 Å². The van der Waals surface area contributed by atoms with E-state index in [1.165, 1.54) is 6.33 Å². The number of fused-ring (bicyclic) bond motifs is 1. The van der Waals surface area contributed by atoms with Crippen LogP contribution >= 0.6 is 0 Å². The molecule has 0 atom stereocenters. The maximum atomic E-state index is 12.4. The number of amides is 1. The second kappa shape index (κ2) is 6.01. The highest BCUT2D eigenvalue weighted by Crippen LogP contribution is 2.21. The first kappa shape index (κ1) is 14.3. The monoisotopic (exact) mass is 298 g/mol. The summed E-state index contributed by atoms with van der Waals surface area (Å²) in [5, 5.41) is 0. The van der Waals surface area contributed by atoms with Gasteiger partial charge in [-0.2, -0.15) is 0 Å². The van der Waals surface area contributed by atoms with Crippen molar-refractivity contribution in [1.82, 2.24) is 14.9 Å². The maximum absolute atomic E-state index is 12.4. The quantitative estimate of drug-likeness (QED) is 0.920. The fourth-order valence-electron chi connectivity index (χ4n) is 2.62. The summed E-state index contributed by atoms with van der Waals surface area (Å²) in [4.78, 5) is 22.5. The van der Waals surface area contributed by atoms with Crippen LogP contribution in [0.15, 0.2) is 30.6 Å². The minimum atomic E-state index is 0.0907. The van der Waals surface area contributed by atoms with Gasteiger partial charge in [-0.05, 0) is 24.1 Å². The van der Waals surface area contributed by atoms with Gasteiger partial charge in [0, 0.05) is 12.1 Å². The minimum Gasteiger partial charge on any atom is -0.497 e. The minimum absolute atomic E-state index is 0.0907. The molecule has 0 aliphatic carbocycles. The van der Waals surface area contributed by atoms with Gasteiger partial charge in [-0.25, -0.2) is 9.97 Å². The number of methoxy groups -OCH3 is 1. The van der Waals surface area contributed by atoms with Crippen molar-refractivity contribution in [3.63, 3.8) is 0 Å². The highest BCUT2D eigenvalue weighted by Gasteiger charge is 2.23. The highest BCUT2D eigenvalue weighted by molar-refractivity contribution is 5.79. The largest absolute Gasteiger partial charge is 0.497 e. The molecule has 1 aliphatic rings. The van der Waals surface area contributed by atoms with Crippen LogP contribution in [0.1, 0.15) is 16.8 Å². The Hall–Kier alpha value is -2.63. The van der Waals surface area contributed by atoms with E-state index in [0.717, 1.165) is 22.6 Å². The Balaban J connectivity index is 1.68. The molecule has 2 heterocycles. The Morgan fingerprint density at radius 1 is 1.32 bits per heavy atom. The zero-order valence-corrected chi connectivity index (χ0v) is 12.5. The molecule has 0 unspecified atom stereocenters. The number of hydrogen-bond acceptors (Lipinski definition) is 5. The van der Waals surface area contributed by atoms with Gasteiger partial charge in [0.15, 0.2) is 0 Å². The summed E-state index contributed by atoms with van der Waals surface area (Å²) in [6.07, 6.45) is 2.53. The van der Waals surface area contributed by atoms with E-state index < -0.39 is 0 Å². The van der Waals surface area contributed by atoms with Crippen molar-refractivity contribution in [2.75, 3.05) is 19.4 Å². The number of hydrogen-bond donors (Lipinski definition) is 1. The number of aromatic nitrogens is 2. The fraction of sp³-hybridized carbons (Fsp3) is 0.312. The lowest BCUT2D eigenvalue weighted by molar-refractivity contribution is -0.131. The normalized spacial score (nSPS) is 13.6. The summed E-state index contributed by atoms with van der Waals surface area (Å²) in [5.74, 6) is 1.40. The predicted octanol–water partition coefficient (Wildman–Crippen LogP) is 1.19. The average Bonchev–Trinajstić information content (AvgIpc) is 2.55. The predicted molar refractivity (Wildman–Crippen MR) is 82.3 cm³/mol. The summed E-state index contributed by atoms with van der Waals surface area (Å²) >= 11 is 0. The standard InChI is InChI=1S/C16H18N4O2/c1-22-12-4-2-11(3-5-12)8-15(21)20-7-6-13-14(9-20)18-10-19-16(13)17/h2-5,10H,6-9H2,1H3,(H2,17,18,19). The molecule has 6 heteroatoms. The number of nitrogen functional groups attached to an aromatic ring is 1. The molecule has 1 aromatic heterocycles. The van der Waals surface area contributed by atoms with Crippen LogP contribution in [0, 0.1) is 0 Å². The Morgan fingerprint density at radius 3 is 2.82 bits per heavy atom. The third-order valence-corrected chi connectivity index (χ3v) is 3.91. The molecule has 0 fully saturated rings. The van der Waals surface area contributed by atoms with Crippen LogP contribution in [-0.4, -0.2) is 34.4 Å². The van der Waals surface area contributed by atoms with Crippen molar-refractivity contribution in [1.29, 1.82) is 0 Å². The molecule has 114 valence electrons. The van der Waals surface area contributed by atoms with E-state index in [4.69, 9.17) is 10.5 Å². The highest BCUT2D eigenvalue weighted by atomic mass is 16.5. The Labute approximate surface area is 128 Å². The molecule has 2 aromatic rings. The zero-order chi connectivity index (χ0) is 15.5. The second-order valence-electron chi connectivity index (χ2n) is 5.27. The van der Waals surface area contributed by atoms with Crippen molar-refractivity contribution in [3.05, 3.63) is 47.4 Å². The molecule has 0 saturated heterocycles. The van der Waals surface area contributed by atoms with Crippen LogP contribution in [0.3, 0.4) is 0 Å². The number of nitrogens with two attached hydrogens (primary N) is 1. The molecule has 2 N–H and O–H groups in total. The van der Waals surface area contributed by atoms with Crippen molar-refractivity contribution < 1.29 is 9.53 Å². The lowest BCUT2D eigenvalue weighted by atomic mass is 10.0. The summed E-state index contributed by atoms with van der Waals surface area (Å²) in [6.45, 7) is 1.15. The molecule has 3 rings (SSSR count). The van der Waals surface area contributed by atoms with Crippen LogP contribution in [0.4, 0.5) is 5.82 Å². The summed E-state index contributed by atoms with van der Waals surface area (Å²) in [5.41, 5.74) is 8.64. The van der Waals surface area contributed by atoms with E-state index in [9.17, 15) is 4.79 Å². The number of nitrogens with zero attached hydrogens (tertiary/aromatic N) is 3. The third-order valence-electron chi connectivity index (χ3n) is 3.91. The summed E-state index contributed by atoms with van der Waals surface area (Å²) in [7, 11) is 1.62. The van der Waals surface area contributed by atoms with Crippen LogP contribution in [0.25, 0.3) is 0 Å². The number of carbonyl (C=O) groups is 1. The maximum Gasteiger partial charge on any atom is 0.227 e. The average molecular weight is 298 g/mol. The molecule has 1 aliphatic heterocycles. The SMILES string of the molecule is COc1ccc(CC(=O)N2CCc3c(N)ncnc3C2)cc1. The van der Waals surface area contributed by atoms with Crippen molar-refractivity contribution >= 4 is 11.7 Å². The van der Waals surface area contributed by atoms with Crippen LogP contribution in [-0.2, 0) is 24.2 Å². The topological polar surface area (TPSA) is 81.3 Å². The second-order valence-corrected chi connectivity index (χ2v) is 5.27. The first-order valence-electron chi connectivity index (χ1n) is 7.16. The van der Waals surface area contributed by atoms with E-state index in [1.54, 1.807) is 7.11 Å². The molecule has 0 spiro atoms. The third kappa shape index (κ3) is 2.86. The zero-order valence-electron chi connectivity index (χ0n) is 12.5. The van der Waals surface area contributed by atoms with Crippen molar-refractivity contribution in [2.45, 2.75) is 19.4 Å². The van der Waals surface area contributed by atoms with Gasteiger partial charge in [-0.15, -0.1) is 0 Å². The Bertz CT molecular complexity index is 685. The van der Waals surface area contributed by atoms with Gasteiger partial charge in [-0.1, -0.05) is 12.1 Å². The number of carbonyl (C=O) groups excluding carboxylic acids is 1. The molecular weight excluding hydrogens is 280 g/mol. The molecule has 0 saturated carbocycles. The number of anilines is 1. The van der Waals surface area contributed by atoms with Gasteiger partial charge < -0.3 is 15.4 Å². The Kier molecular flexibility index (Phi) is 3.91. The number of ether oxygens (including phenoxy) is 1. The van der Waals surface area contributed by atoms with Gasteiger partial charge in [0.05, 0.1) is 25.8 Å². The molecule has 0 bridgehead atoms. The van der Waals surface area contributed by atoms with Crippen LogP contribution < -0.4 is 10.5 Å². The number of rotatable bonds is 3. The Morgan fingerprint density at radius 2 is 2.09 bits per heavy atom. The van der Waals surface area contributed by atoms with Gasteiger partial charge in [-0.3, -0.25) is 4.79 Å². The van der Waals surface area contributed by atoms with E-state index >= 15 is 0 Å².